The quantitative estimate of drug-likeness (QED) is 0.772. The molecule has 0 aliphatic rings. The van der Waals surface area contributed by atoms with Crippen molar-refractivity contribution < 1.29 is 13.7 Å². The minimum atomic E-state index is -0.138. The van der Waals surface area contributed by atoms with Gasteiger partial charge in [-0.1, -0.05) is 5.16 Å². The summed E-state index contributed by atoms with van der Waals surface area (Å²) in [5.74, 6) is 1.16. The summed E-state index contributed by atoms with van der Waals surface area (Å²) in [7, 11) is 0. The highest BCUT2D eigenvalue weighted by molar-refractivity contribution is 5.90. The van der Waals surface area contributed by atoms with Crippen LogP contribution in [0.15, 0.2) is 51.9 Å². The second kappa shape index (κ2) is 6.00. The average Bonchev–Trinajstić information content (AvgIpc) is 3.17. The van der Waals surface area contributed by atoms with Crippen molar-refractivity contribution in [2.45, 2.75) is 12.8 Å². The number of hydrogen-bond acceptors (Lipinski definition) is 6. The summed E-state index contributed by atoms with van der Waals surface area (Å²) in [4.78, 5) is 19.9. The van der Waals surface area contributed by atoms with Crippen molar-refractivity contribution in [3.63, 3.8) is 0 Å². The maximum Gasteiger partial charge on any atom is 0.238 e. The van der Waals surface area contributed by atoms with E-state index in [9.17, 15) is 4.79 Å². The summed E-state index contributed by atoms with van der Waals surface area (Å²) in [6.45, 7) is 0. The molecule has 3 rings (SSSR count). The molecule has 7 nitrogen and oxygen atoms in total. The van der Waals surface area contributed by atoms with Gasteiger partial charge in [0.1, 0.15) is 0 Å². The number of hydrogen-bond donors (Lipinski definition) is 1. The van der Waals surface area contributed by atoms with E-state index < -0.39 is 0 Å². The molecule has 21 heavy (non-hydrogen) atoms. The maximum absolute atomic E-state index is 11.8. The zero-order valence-corrected chi connectivity index (χ0v) is 11.0. The number of anilines is 1. The number of aromatic nitrogens is 3. The van der Waals surface area contributed by atoms with E-state index in [-0.39, 0.29) is 12.3 Å². The van der Waals surface area contributed by atoms with Crippen LogP contribution in [-0.4, -0.2) is 21.0 Å². The highest BCUT2D eigenvalue weighted by Crippen LogP contribution is 2.16. The molecular formula is C14H12N4O3. The number of aryl methyl sites for hydroxylation is 1. The molecule has 3 aromatic rings. The molecule has 0 saturated heterocycles. The van der Waals surface area contributed by atoms with Crippen molar-refractivity contribution in [2.75, 3.05) is 5.32 Å². The van der Waals surface area contributed by atoms with E-state index in [0.29, 0.717) is 29.6 Å². The van der Waals surface area contributed by atoms with E-state index in [0.717, 1.165) is 0 Å². The van der Waals surface area contributed by atoms with Crippen molar-refractivity contribution >= 4 is 11.6 Å². The third kappa shape index (κ3) is 3.33. The van der Waals surface area contributed by atoms with E-state index in [1.807, 2.05) is 0 Å². The van der Waals surface area contributed by atoms with Crippen LogP contribution >= 0.6 is 0 Å². The Morgan fingerprint density at radius 1 is 1.29 bits per heavy atom. The number of furan rings is 1. The number of nitrogens with one attached hydrogen (secondary N) is 1. The van der Waals surface area contributed by atoms with Crippen LogP contribution < -0.4 is 5.32 Å². The number of carbonyl (C=O) groups is 1. The van der Waals surface area contributed by atoms with Gasteiger partial charge in [0.15, 0.2) is 5.76 Å². The Morgan fingerprint density at radius 3 is 3.00 bits per heavy atom. The molecule has 0 unspecified atom stereocenters. The molecule has 106 valence electrons. The molecule has 3 aromatic heterocycles. The molecule has 0 aromatic carbocycles. The van der Waals surface area contributed by atoms with Gasteiger partial charge in [0, 0.05) is 19.0 Å². The van der Waals surface area contributed by atoms with Crippen molar-refractivity contribution in [3.8, 4) is 11.6 Å². The average molecular weight is 284 g/mol. The molecule has 0 bridgehead atoms. The SMILES string of the molecule is O=C(CCc1nc(-c2ccco2)no1)Nc1cccnc1. The van der Waals surface area contributed by atoms with Gasteiger partial charge in [0.25, 0.3) is 0 Å². The van der Waals surface area contributed by atoms with Crippen molar-refractivity contribution in [1.29, 1.82) is 0 Å². The summed E-state index contributed by atoms with van der Waals surface area (Å²) >= 11 is 0. The largest absolute Gasteiger partial charge is 0.461 e. The van der Waals surface area contributed by atoms with Crippen LogP contribution in [0.4, 0.5) is 5.69 Å². The molecule has 0 aliphatic heterocycles. The smallest absolute Gasteiger partial charge is 0.238 e. The lowest BCUT2D eigenvalue weighted by Crippen LogP contribution is -2.12. The highest BCUT2D eigenvalue weighted by atomic mass is 16.5. The van der Waals surface area contributed by atoms with Crippen molar-refractivity contribution in [1.82, 2.24) is 15.1 Å². The molecular weight excluding hydrogens is 272 g/mol. The summed E-state index contributed by atoms with van der Waals surface area (Å²) in [6.07, 6.45) is 5.37. The first-order chi connectivity index (χ1) is 10.3. The molecule has 0 spiro atoms. The van der Waals surface area contributed by atoms with E-state index in [1.54, 1.807) is 36.7 Å². The predicted molar refractivity (Wildman–Crippen MR) is 73.2 cm³/mol. The molecule has 0 atom stereocenters. The summed E-state index contributed by atoms with van der Waals surface area (Å²) in [5.41, 5.74) is 0.657. The number of nitrogens with zero attached hydrogens (tertiary/aromatic N) is 3. The van der Waals surface area contributed by atoms with Crippen LogP contribution in [0.25, 0.3) is 11.6 Å². The van der Waals surface area contributed by atoms with E-state index in [2.05, 4.69) is 20.4 Å². The molecule has 0 saturated carbocycles. The molecule has 7 heteroatoms. The van der Waals surface area contributed by atoms with Gasteiger partial charge in [-0.25, -0.2) is 0 Å². The molecule has 0 fully saturated rings. The summed E-state index contributed by atoms with van der Waals surface area (Å²) in [6, 6.07) is 7.01. The van der Waals surface area contributed by atoms with Gasteiger partial charge in [0.05, 0.1) is 18.1 Å². The monoisotopic (exact) mass is 284 g/mol. The Kier molecular flexibility index (Phi) is 3.72. The lowest BCUT2D eigenvalue weighted by atomic mass is 10.3. The van der Waals surface area contributed by atoms with Gasteiger partial charge in [0.2, 0.25) is 17.6 Å². The summed E-state index contributed by atoms with van der Waals surface area (Å²) < 4.78 is 10.2. The van der Waals surface area contributed by atoms with Gasteiger partial charge in [-0.3, -0.25) is 9.78 Å². The Hall–Kier alpha value is -2.96. The van der Waals surface area contributed by atoms with Crippen LogP contribution in [0.2, 0.25) is 0 Å². The predicted octanol–water partition coefficient (Wildman–Crippen LogP) is 2.30. The number of carbonyl (C=O) groups excluding carboxylic acids is 1. The Morgan fingerprint density at radius 2 is 2.24 bits per heavy atom. The Balaban J connectivity index is 1.54. The summed E-state index contributed by atoms with van der Waals surface area (Å²) in [5, 5.41) is 6.54. The lowest BCUT2D eigenvalue weighted by Gasteiger charge is -2.02. The fourth-order valence-corrected chi connectivity index (χ4v) is 1.74. The Labute approximate surface area is 120 Å². The topological polar surface area (TPSA) is 94.0 Å². The number of amides is 1. The van der Waals surface area contributed by atoms with E-state index >= 15 is 0 Å². The van der Waals surface area contributed by atoms with Gasteiger partial charge in [-0.15, -0.1) is 0 Å². The van der Waals surface area contributed by atoms with Gasteiger partial charge >= 0.3 is 0 Å². The molecule has 1 N–H and O–H groups in total. The number of pyridine rings is 1. The van der Waals surface area contributed by atoms with Gasteiger partial charge < -0.3 is 14.3 Å². The first-order valence-electron chi connectivity index (χ1n) is 6.37. The van der Waals surface area contributed by atoms with Crippen LogP contribution in [0.5, 0.6) is 0 Å². The van der Waals surface area contributed by atoms with Gasteiger partial charge in [-0.05, 0) is 24.3 Å². The zero-order valence-electron chi connectivity index (χ0n) is 11.0. The minimum absolute atomic E-state index is 0.138. The molecule has 0 radical (unpaired) electrons. The third-order valence-corrected chi connectivity index (χ3v) is 2.72. The normalized spacial score (nSPS) is 10.5. The molecule has 3 heterocycles. The van der Waals surface area contributed by atoms with E-state index in [1.165, 1.54) is 6.26 Å². The second-order valence-electron chi connectivity index (χ2n) is 4.28. The fraction of sp³-hybridized carbons (Fsp3) is 0.143. The maximum atomic E-state index is 11.8. The van der Waals surface area contributed by atoms with Crippen molar-refractivity contribution in [2.24, 2.45) is 0 Å². The van der Waals surface area contributed by atoms with Crippen LogP contribution in [0.3, 0.4) is 0 Å². The fourth-order valence-electron chi connectivity index (χ4n) is 1.74. The minimum Gasteiger partial charge on any atom is -0.461 e. The van der Waals surface area contributed by atoms with E-state index in [4.69, 9.17) is 8.94 Å². The standard InChI is InChI=1S/C14H12N4O3/c19-12(16-10-3-1-7-15-9-10)5-6-13-17-14(18-21-13)11-4-2-8-20-11/h1-4,7-9H,5-6H2,(H,16,19). The second-order valence-corrected chi connectivity index (χ2v) is 4.28. The van der Waals surface area contributed by atoms with Crippen LogP contribution in [0.1, 0.15) is 12.3 Å². The third-order valence-electron chi connectivity index (χ3n) is 2.72. The van der Waals surface area contributed by atoms with Crippen molar-refractivity contribution in [3.05, 3.63) is 48.8 Å². The number of rotatable bonds is 5. The zero-order chi connectivity index (χ0) is 14.5. The molecule has 1 amide bonds. The first-order valence-corrected chi connectivity index (χ1v) is 6.37. The van der Waals surface area contributed by atoms with Gasteiger partial charge in [-0.2, -0.15) is 4.98 Å². The van der Waals surface area contributed by atoms with Crippen LogP contribution in [0, 0.1) is 0 Å². The Bertz CT molecular complexity index is 707. The van der Waals surface area contributed by atoms with Crippen LogP contribution in [-0.2, 0) is 11.2 Å². The lowest BCUT2D eigenvalue weighted by molar-refractivity contribution is -0.116. The first kappa shape index (κ1) is 13.0. The highest BCUT2D eigenvalue weighted by Gasteiger charge is 2.12. The molecule has 0 aliphatic carbocycles.